The van der Waals surface area contributed by atoms with Crippen LogP contribution in [-0.4, -0.2) is 18.3 Å². The molecule has 2 aromatic rings. The van der Waals surface area contributed by atoms with E-state index in [2.05, 4.69) is 4.74 Å². The van der Waals surface area contributed by atoms with Gasteiger partial charge in [0.2, 0.25) is 0 Å². The van der Waals surface area contributed by atoms with E-state index in [0.717, 1.165) is 24.3 Å². The molecule has 0 aliphatic heterocycles. The topological polar surface area (TPSA) is 26.3 Å². The molecule has 0 heterocycles. The van der Waals surface area contributed by atoms with Crippen LogP contribution in [0.3, 0.4) is 0 Å². The van der Waals surface area contributed by atoms with Gasteiger partial charge in [0.15, 0.2) is 0 Å². The molecule has 0 atom stereocenters. The predicted molar refractivity (Wildman–Crippen MR) is 70.9 cm³/mol. The Balaban J connectivity index is 2.61. The van der Waals surface area contributed by atoms with E-state index in [-0.39, 0.29) is 0 Å². The molecule has 1 radical (unpaired) electrons. The minimum absolute atomic E-state index is 0.439. The number of carbonyl (C=O) groups excluding carboxylic acids is 1. The van der Waals surface area contributed by atoms with Crippen molar-refractivity contribution in [3.05, 3.63) is 71.8 Å². The molecule has 0 spiro atoms. The summed E-state index contributed by atoms with van der Waals surface area (Å²) in [5.74, 6) is -1.75. The maximum atomic E-state index is 13.4. The summed E-state index contributed by atoms with van der Waals surface area (Å²) in [6.45, 7) is 0. The Morgan fingerprint density at radius 2 is 1.38 bits per heavy atom. The largest absolute Gasteiger partial charge is 0.442 e. The van der Waals surface area contributed by atoms with Crippen molar-refractivity contribution in [2.75, 3.05) is 0 Å². The molecular formula is C16H9F6O2. The highest BCUT2D eigenvalue weighted by Gasteiger charge is 2.75. The van der Waals surface area contributed by atoms with Crippen LogP contribution in [0, 0.1) is 6.07 Å². The number of hydrogen-bond donors (Lipinski definition) is 0. The first-order valence-corrected chi connectivity index (χ1v) is 6.48. The van der Waals surface area contributed by atoms with Crippen LogP contribution in [0.2, 0.25) is 0 Å². The number of alkyl halides is 6. The van der Waals surface area contributed by atoms with Gasteiger partial charge in [-0.25, -0.2) is 4.79 Å². The summed E-state index contributed by atoms with van der Waals surface area (Å²) in [6.07, 6.45) is -11.9. The van der Waals surface area contributed by atoms with E-state index in [1.165, 1.54) is 24.3 Å². The fraction of sp³-hybridized carbons (Fsp3) is 0.188. The van der Waals surface area contributed by atoms with Gasteiger partial charge in [-0.05, 0) is 18.2 Å². The number of esters is 1. The van der Waals surface area contributed by atoms with Gasteiger partial charge in [0.05, 0.1) is 5.56 Å². The SMILES string of the molecule is O=C(OC(c1[c]cccc1)(C(F)(F)F)C(F)(F)F)c1ccccc1. The molecule has 127 valence electrons. The van der Waals surface area contributed by atoms with Crippen LogP contribution in [0.25, 0.3) is 0 Å². The smallest absolute Gasteiger partial charge is 0.431 e. The first-order valence-electron chi connectivity index (χ1n) is 6.48. The second-order valence-corrected chi connectivity index (χ2v) is 4.71. The molecular weight excluding hydrogens is 338 g/mol. The minimum atomic E-state index is -5.94. The lowest BCUT2D eigenvalue weighted by molar-refractivity contribution is -0.373. The van der Waals surface area contributed by atoms with Crippen LogP contribution in [-0.2, 0) is 10.3 Å². The number of ether oxygens (including phenoxy) is 1. The lowest BCUT2D eigenvalue weighted by Gasteiger charge is -2.36. The highest BCUT2D eigenvalue weighted by atomic mass is 19.4. The van der Waals surface area contributed by atoms with Gasteiger partial charge >= 0.3 is 23.9 Å². The lowest BCUT2D eigenvalue weighted by Crippen LogP contribution is -2.57. The molecule has 0 saturated heterocycles. The monoisotopic (exact) mass is 347 g/mol. The third-order valence-corrected chi connectivity index (χ3v) is 3.14. The fourth-order valence-electron chi connectivity index (χ4n) is 2.02. The lowest BCUT2D eigenvalue weighted by atomic mass is 9.91. The zero-order valence-corrected chi connectivity index (χ0v) is 11.8. The Morgan fingerprint density at radius 1 is 0.833 bits per heavy atom. The Morgan fingerprint density at radius 3 is 1.83 bits per heavy atom. The van der Waals surface area contributed by atoms with Gasteiger partial charge < -0.3 is 4.74 Å². The maximum absolute atomic E-state index is 13.4. The summed E-state index contributed by atoms with van der Waals surface area (Å²) in [5.41, 5.74) is -6.60. The van der Waals surface area contributed by atoms with Crippen molar-refractivity contribution in [2.24, 2.45) is 0 Å². The van der Waals surface area contributed by atoms with Gasteiger partial charge in [-0.15, -0.1) is 0 Å². The summed E-state index contributed by atoms with van der Waals surface area (Å²) in [7, 11) is 0. The molecule has 2 aromatic carbocycles. The van der Waals surface area contributed by atoms with E-state index in [1.807, 2.05) is 6.07 Å². The normalized spacial score (nSPS) is 12.8. The number of hydrogen-bond acceptors (Lipinski definition) is 2. The van der Waals surface area contributed by atoms with Crippen molar-refractivity contribution in [2.45, 2.75) is 18.0 Å². The van der Waals surface area contributed by atoms with Crippen molar-refractivity contribution in [3.8, 4) is 0 Å². The van der Waals surface area contributed by atoms with Crippen molar-refractivity contribution in [1.82, 2.24) is 0 Å². The summed E-state index contributed by atoms with van der Waals surface area (Å²) in [5, 5.41) is 0. The Labute approximate surface area is 132 Å². The predicted octanol–water partition coefficient (Wildman–Crippen LogP) is 4.66. The standard InChI is InChI=1S/C16H9F6O2/c17-15(18,19)14(16(20,21)22,12-9-5-2-6-10-12)24-13(23)11-7-3-1-4-8-11/h1-9H. The van der Waals surface area contributed by atoms with E-state index in [1.54, 1.807) is 0 Å². The third-order valence-electron chi connectivity index (χ3n) is 3.14. The van der Waals surface area contributed by atoms with E-state index < -0.39 is 35.0 Å². The van der Waals surface area contributed by atoms with Crippen LogP contribution in [0.5, 0.6) is 0 Å². The zero-order valence-electron chi connectivity index (χ0n) is 11.8. The van der Waals surface area contributed by atoms with Crippen LogP contribution in [0.1, 0.15) is 15.9 Å². The number of carbonyl (C=O) groups is 1. The third kappa shape index (κ3) is 3.08. The molecule has 0 fully saturated rings. The number of benzene rings is 2. The highest BCUT2D eigenvalue weighted by molar-refractivity contribution is 5.89. The molecule has 0 bridgehead atoms. The average molecular weight is 347 g/mol. The molecule has 0 aliphatic carbocycles. The van der Waals surface area contributed by atoms with Crippen LogP contribution >= 0.6 is 0 Å². The van der Waals surface area contributed by atoms with Gasteiger partial charge in [0, 0.05) is 5.56 Å². The van der Waals surface area contributed by atoms with E-state index in [0.29, 0.717) is 6.07 Å². The Bertz CT molecular complexity index is 678. The summed E-state index contributed by atoms with van der Waals surface area (Å²) in [4.78, 5) is 11.9. The van der Waals surface area contributed by atoms with Crippen molar-refractivity contribution in [3.63, 3.8) is 0 Å². The maximum Gasteiger partial charge on any atom is 0.442 e. The first-order chi connectivity index (χ1) is 11.1. The van der Waals surface area contributed by atoms with E-state index in [9.17, 15) is 31.1 Å². The Kier molecular flexibility index (Phi) is 4.59. The average Bonchev–Trinajstić information content (AvgIpc) is 2.51. The molecule has 24 heavy (non-hydrogen) atoms. The van der Waals surface area contributed by atoms with Crippen LogP contribution in [0.15, 0.2) is 54.6 Å². The fourth-order valence-corrected chi connectivity index (χ4v) is 2.02. The summed E-state index contributed by atoms with van der Waals surface area (Å²) in [6, 6.07) is 11.6. The molecule has 2 rings (SSSR count). The van der Waals surface area contributed by atoms with Gasteiger partial charge in [0.1, 0.15) is 0 Å². The molecule has 8 heteroatoms. The summed E-state index contributed by atoms with van der Waals surface area (Å²) >= 11 is 0. The van der Waals surface area contributed by atoms with Crippen molar-refractivity contribution in [1.29, 1.82) is 0 Å². The minimum Gasteiger partial charge on any atom is -0.431 e. The molecule has 0 unspecified atom stereocenters. The molecule has 0 aromatic heterocycles. The second kappa shape index (κ2) is 6.18. The van der Waals surface area contributed by atoms with Crippen LogP contribution < -0.4 is 0 Å². The first kappa shape index (κ1) is 17.8. The van der Waals surface area contributed by atoms with E-state index >= 15 is 0 Å². The van der Waals surface area contributed by atoms with Gasteiger partial charge in [-0.1, -0.05) is 42.5 Å². The van der Waals surface area contributed by atoms with Gasteiger partial charge in [-0.2, -0.15) is 26.3 Å². The molecule has 0 saturated carbocycles. The van der Waals surface area contributed by atoms with Gasteiger partial charge in [-0.3, -0.25) is 0 Å². The van der Waals surface area contributed by atoms with Crippen molar-refractivity contribution < 1.29 is 35.9 Å². The molecule has 0 amide bonds. The number of rotatable bonds is 3. The molecule has 0 N–H and O–H groups in total. The zero-order chi connectivity index (χ0) is 18.0. The second-order valence-electron chi connectivity index (χ2n) is 4.71. The number of halogens is 6. The van der Waals surface area contributed by atoms with E-state index in [4.69, 9.17) is 0 Å². The summed E-state index contributed by atoms with van der Waals surface area (Å²) < 4.78 is 84.5. The molecule has 2 nitrogen and oxygen atoms in total. The van der Waals surface area contributed by atoms with Crippen LogP contribution in [0.4, 0.5) is 26.3 Å². The van der Waals surface area contributed by atoms with Crippen molar-refractivity contribution >= 4 is 5.97 Å². The quantitative estimate of drug-likeness (QED) is 0.596. The van der Waals surface area contributed by atoms with Gasteiger partial charge in [0.25, 0.3) is 0 Å². The molecule has 0 aliphatic rings. The highest BCUT2D eigenvalue weighted by Crippen LogP contribution is 2.53. The Hall–Kier alpha value is -2.51.